The largest absolute Gasteiger partial charge is 0.448 e. The van der Waals surface area contributed by atoms with E-state index in [1.165, 1.54) is 16.7 Å². The van der Waals surface area contributed by atoms with E-state index in [0.29, 0.717) is 17.1 Å². The summed E-state index contributed by atoms with van der Waals surface area (Å²) in [4.78, 5) is 57.1. The quantitative estimate of drug-likeness (QED) is 0.0698. The standard InChI is InChI=1S/C33H26FN5O7S2/c34-27-23(36-32(48-27)37-33(43)45-18-19-10-4-1-5-11-19)24(38-44)28(40)35-25-29(41)39-22(16-17-47-30(25)39)31(42)46-26(20-12-6-2-7-13-20)21-14-8-3-9-15-21/h1-16,25-26,30,44H,17-18H2,(H,35,40)(H,36,37,43)/t25-,30-/m1/s1. The lowest BCUT2D eigenvalue weighted by Gasteiger charge is -2.48. The minimum absolute atomic E-state index is 0.0302. The van der Waals surface area contributed by atoms with Crippen molar-refractivity contribution in [3.63, 3.8) is 0 Å². The molecule has 0 saturated carbocycles. The lowest BCUT2D eigenvalue weighted by molar-refractivity contribution is -0.154. The predicted molar refractivity (Wildman–Crippen MR) is 175 cm³/mol. The molecule has 0 aliphatic carbocycles. The number of thioether (sulfide) groups is 1. The third-order valence-electron chi connectivity index (χ3n) is 7.32. The van der Waals surface area contributed by atoms with E-state index < -0.39 is 57.9 Å². The molecule has 1 saturated heterocycles. The molecular weight excluding hydrogens is 662 g/mol. The first kappa shape index (κ1) is 32.4. The van der Waals surface area contributed by atoms with Crippen LogP contribution in [-0.4, -0.2) is 61.8 Å². The first-order chi connectivity index (χ1) is 23.3. The van der Waals surface area contributed by atoms with E-state index in [-0.39, 0.29) is 17.4 Å². The van der Waals surface area contributed by atoms with Gasteiger partial charge in [-0.1, -0.05) is 107 Å². The van der Waals surface area contributed by atoms with Crippen LogP contribution in [0.2, 0.25) is 0 Å². The fourth-order valence-corrected chi connectivity index (χ4v) is 6.91. The van der Waals surface area contributed by atoms with Crippen LogP contribution in [0.1, 0.15) is 28.5 Å². The maximum Gasteiger partial charge on any atom is 0.413 e. The van der Waals surface area contributed by atoms with Crippen molar-refractivity contribution in [3.8, 4) is 0 Å². The van der Waals surface area contributed by atoms with Crippen LogP contribution in [0.4, 0.5) is 14.3 Å². The normalized spacial score (nSPS) is 17.1. The minimum atomic E-state index is -1.12. The number of oxime groups is 1. The zero-order valence-electron chi connectivity index (χ0n) is 24.8. The van der Waals surface area contributed by atoms with E-state index in [0.717, 1.165) is 16.7 Å². The van der Waals surface area contributed by atoms with Crippen LogP contribution >= 0.6 is 23.1 Å². The molecule has 0 radical (unpaired) electrons. The summed E-state index contributed by atoms with van der Waals surface area (Å²) < 4.78 is 25.9. The maximum atomic E-state index is 14.8. The molecule has 3 N–H and O–H groups in total. The number of amides is 3. The molecule has 0 bridgehead atoms. The third kappa shape index (κ3) is 6.91. The Morgan fingerprint density at radius 2 is 1.62 bits per heavy atom. The Morgan fingerprint density at radius 3 is 2.25 bits per heavy atom. The van der Waals surface area contributed by atoms with Gasteiger partial charge in [-0.05, 0) is 22.8 Å². The summed E-state index contributed by atoms with van der Waals surface area (Å²) in [6, 6.07) is 26.1. The van der Waals surface area contributed by atoms with Gasteiger partial charge in [-0.2, -0.15) is 4.39 Å². The molecule has 3 amide bonds. The highest BCUT2D eigenvalue weighted by molar-refractivity contribution is 8.00. The average molecular weight is 688 g/mol. The Balaban J connectivity index is 1.09. The number of halogens is 1. The molecule has 0 unspecified atom stereocenters. The first-order valence-corrected chi connectivity index (χ1v) is 16.3. The molecule has 3 heterocycles. The fourth-order valence-electron chi connectivity index (χ4n) is 5.04. The number of aromatic nitrogens is 1. The molecular formula is C33H26FN5O7S2. The highest BCUT2D eigenvalue weighted by Crippen LogP contribution is 2.39. The Labute approximate surface area is 281 Å². The monoisotopic (exact) mass is 687 g/mol. The molecule has 244 valence electrons. The number of nitrogens with one attached hydrogen (secondary N) is 2. The molecule has 2 atom stereocenters. The number of benzene rings is 3. The second-order valence-corrected chi connectivity index (χ2v) is 12.5. The van der Waals surface area contributed by atoms with E-state index in [2.05, 4.69) is 20.8 Å². The van der Waals surface area contributed by atoms with Crippen LogP contribution in [-0.2, 0) is 30.5 Å². The van der Waals surface area contributed by atoms with Crippen molar-refractivity contribution in [2.75, 3.05) is 11.1 Å². The molecule has 4 aromatic rings. The number of rotatable bonds is 10. The van der Waals surface area contributed by atoms with E-state index >= 15 is 0 Å². The van der Waals surface area contributed by atoms with E-state index in [9.17, 15) is 28.8 Å². The molecule has 3 aromatic carbocycles. The molecule has 1 aromatic heterocycles. The predicted octanol–water partition coefficient (Wildman–Crippen LogP) is 4.83. The van der Waals surface area contributed by atoms with Crippen molar-refractivity contribution in [2.45, 2.75) is 24.1 Å². The van der Waals surface area contributed by atoms with Crippen LogP contribution in [0, 0.1) is 5.13 Å². The van der Waals surface area contributed by atoms with Gasteiger partial charge in [0.2, 0.25) is 5.13 Å². The van der Waals surface area contributed by atoms with Gasteiger partial charge in [0.15, 0.2) is 16.9 Å². The number of nitrogens with zero attached hydrogens (tertiary/aromatic N) is 3. The third-order valence-corrected chi connectivity index (χ3v) is 9.26. The van der Waals surface area contributed by atoms with Crippen LogP contribution < -0.4 is 10.6 Å². The number of anilines is 1. The number of hydrogen-bond donors (Lipinski definition) is 3. The number of thiazole rings is 1. The number of ether oxygens (including phenoxy) is 2. The first-order valence-electron chi connectivity index (χ1n) is 14.5. The van der Waals surface area contributed by atoms with Crippen LogP contribution in [0.5, 0.6) is 0 Å². The number of β-lactam (4-membered cyclic amide) rings is 1. The molecule has 15 heteroatoms. The topological polar surface area (TPSA) is 160 Å². The number of hydrogen-bond acceptors (Lipinski definition) is 11. The van der Waals surface area contributed by atoms with Crippen LogP contribution in [0.25, 0.3) is 0 Å². The summed E-state index contributed by atoms with van der Waals surface area (Å²) in [5, 5.41) is 15.3. The average Bonchev–Trinajstić information content (AvgIpc) is 3.48. The maximum absolute atomic E-state index is 14.8. The van der Waals surface area contributed by atoms with Gasteiger partial charge >= 0.3 is 12.1 Å². The van der Waals surface area contributed by atoms with Crippen molar-refractivity contribution in [2.24, 2.45) is 5.16 Å². The van der Waals surface area contributed by atoms with Crippen molar-refractivity contribution in [1.82, 2.24) is 15.2 Å². The molecule has 2 aliphatic heterocycles. The fraction of sp³-hybridized carbons (Fsp3) is 0.152. The van der Waals surface area contributed by atoms with Gasteiger partial charge in [0.1, 0.15) is 29.4 Å². The highest BCUT2D eigenvalue weighted by Gasteiger charge is 2.53. The molecule has 48 heavy (non-hydrogen) atoms. The van der Waals surface area contributed by atoms with Crippen LogP contribution in [0.3, 0.4) is 0 Å². The second kappa shape index (κ2) is 14.5. The van der Waals surface area contributed by atoms with Gasteiger partial charge in [-0.25, -0.2) is 14.6 Å². The van der Waals surface area contributed by atoms with E-state index in [1.807, 2.05) is 66.7 Å². The SMILES string of the molecule is O=C(Nc1nc(C(=NO)C(=O)N[C@@H]2C(=O)N3C(C(=O)OC(c4ccccc4)c4ccccc4)=CCS[C@H]23)c(F)s1)OCc1ccccc1. The Bertz CT molecular complexity index is 1850. The van der Waals surface area contributed by atoms with Gasteiger partial charge in [0, 0.05) is 5.75 Å². The molecule has 12 nitrogen and oxygen atoms in total. The van der Waals surface area contributed by atoms with Gasteiger partial charge < -0.3 is 20.0 Å². The lowest BCUT2D eigenvalue weighted by atomic mass is 10.0. The lowest BCUT2D eigenvalue weighted by Crippen LogP contribution is -2.70. The molecule has 0 spiro atoms. The molecule has 2 aliphatic rings. The summed E-state index contributed by atoms with van der Waals surface area (Å²) >= 11 is 1.67. The summed E-state index contributed by atoms with van der Waals surface area (Å²) in [5.74, 6) is -2.09. The van der Waals surface area contributed by atoms with Gasteiger partial charge in [-0.15, -0.1) is 11.8 Å². The van der Waals surface area contributed by atoms with E-state index in [4.69, 9.17) is 9.47 Å². The summed E-state index contributed by atoms with van der Waals surface area (Å²) in [6.45, 7) is -0.0417. The van der Waals surface area contributed by atoms with Gasteiger partial charge in [0.25, 0.3) is 11.8 Å². The van der Waals surface area contributed by atoms with Crippen molar-refractivity contribution >= 4 is 57.8 Å². The Kier molecular flexibility index (Phi) is 9.78. The van der Waals surface area contributed by atoms with Crippen molar-refractivity contribution < 1.29 is 38.2 Å². The number of fused-ring (bicyclic) bond motifs is 1. The molecule has 6 rings (SSSR count). The summed E-state index contributed by atoms with van der Waals surface area (Å²) in [7, 11) is 0. The Morgan fingerprint density at radius 1 is 1.00 bits per heavy atom. The number of esters is 1. The second-order valence-electron chi connectivity index (χ2n) is 10.4. The Hall–Kier alpha value is -5.54. The number of carbonyl (C=O) groups excluding carboxylic acids is 4. The van der Waals surface area contributed by atoms with Gasteiger partial charge in [-0.3, -0.25) is 19.8 Å². The zero-order valence-corrected chi connectivity index (χ0v) is 26.4. The molecule has 1 fully saturated rings. The number of carbonyl (C=O) groups is 4. The van der Waals surface area contributed by atoms with Gasteiger partial charge in [0.05, 0.1) is 0 Å². The minimum Gasteiger partial charge on any atom is -0.448 e. The van der Waals surface area contributed by atoms with Crippen molar-refractivity contribution in [3.05, 3.63) is 130 Å². The van der Waals surface area contributed by atoms with E-state index in [1.54, 1.807) is 30.3 Å². The summed E-state index contributed by atoms with van der Waals surface area (Å²) in [5.41, 5.74) is 0.787. The smallest absolute Gasteiger partial charge is 0.413 e. The van der Waals surface area contributed by atoms with Crippen LogP contribution in [0.15, 0.2) is 108 Å². The zero-order chi connectivity index (χ0) is 33.6. The highest BCUT2D eigenvalue weighted by atomic mass is 32.2. The van der Waals surface area contributed by atoms with Crippen molar-refractivity contribution in [1.29, 1.82) is 0 Å². The summed E-state index contributed by atoms with van der Waals surface area (Å²) in [6.07, 6.45) is -0.0686.